The van der Waals surface area contributed by atoms with Gasteiger partial charge in [0.2, 0.25) is 0 Å². The molecule has 0 aromatic heterocycles. The van der Waals surface area contributed by atoms with Gasteiger partial charge in [0.1, 0.15) is 0 Å². The SMILES string of the molecule is CCC(C)CNC(C)CCCC(C)C. The van der Waals surface area contributed by atoms with Gasteiger partial charge in [0.15, 0.2) is 0 Å². The Kier molecular flexibility index (Phi) is 8.26. The van der Waals surface area contributed by atoms with Gasteiger partial charge in [-0.05, 0) is 31.7 Å². The molecule has 2 unspecified atom stereocenters. The second-order valence-electron chi connectivity index (χ2n) is 5.15. The summed E-state index contributed by atoms with van der Waals surface area (Å²) in [5.41, 5.74) is 0. The quantitative estimate of drug-likeness (QED) is 0.626. The Morgan fingerprint density at radius 1 is 1.00 bits per heavy atom. The molecule has 0 saturated heterocycles. The summed E-state index contributed by atoms with van der Waals surface area (Å²) in [5, 5.41) is 3.61. The predicted octanol–water partition coefficient (Wildman–Crippen LogP) is 3.84. The van der Waals surface area contributed by atoms with Gasteiger partial charge in [-0.2, -0.15) is 0 Å². The van der Waals surface area contributed by atoms with E-state index in [-0.39, 0.29) is 0 Å². The molecule has 0 fully saturated rings. The molecule has 0 bridgehead atoms. The molecule has 0 saturated carbocycles. The lowest BCUT2D eigenvalue weighted by molar-refractivity contribution is 0.416. The van der Waals surface area contributed by atoms with Crippen LogP contribution in [0.15, 0.2) is 0 Å². The van der Waals surface area contributed by atoms with Gasteiger partial charge in [0.25, 0.3) is 0 Å². The molecule has 86 valence electrons. The van der Waals surface area contributed by atoms with Crippen molar-refractivity contribution in [3.63, 3.8) is 0 Å². The van der Waals surface area contributed by atoms with E-state index in [0.717, 1.165) is 11.8 Å². The van der Waals surface area contributed by atoms with E-state index in [2.05, 4.69) is 39.9 Å². The topological polar surface area (TPSA) is 12.0 Å². The zero-order chi connectivity index (χ0) is 11.0. The Hall–Kier alpha value is -0.0400. The van der Waals surface area contributed by atoms with Crippen molar-refractivity contribution in [1.29, 1.82) is 0 Å². The third-order valence-electron chi connectivity index (χ3n) is 2.93. The van der Waals surface area contributed by atoms with Crippen LogP contribution in [0.25, 0.3) is 0 Å². The minimum absolute atomic E-state index is 0.697. The maximum Gasteiger partial charge on any atom is 0.00388 e. The first-order valence-corrected chi connectivity index (χ1v) is 6.29. The van der Waals surface area contributed by atoms with Crippen molar-refractivity contribution in [2.45, 2.75) is 66.3 Å². The van der Waals surface area contributed by atoms with Crippen LogP contribution in [-0.2, 0) is 0 Å². The Bertz CT molecular complexity index is 120. The number of rotatable bonds is 8. The van der Waals surface area contributed by atoms with Crippen LogP contribution in [0.5, 0.6) is 0 Å². The lowest BCUT2D eigenvalue weighted by Crippen LogP contribution is -2.30. The second kappa shape index (κ2) is 8.28. The molecule has 0 heterocycles. The number of hydrogen-bond acceptors (Lipinski definition) is 1. The molecule has 1 N–H and O–H groups in total. The fourth-order valence-corrected chi connectivity index (χ4v) is 1.48. The third-order valence-corrected chi connectivity index (χ3v) is 2.93. The number of hydrogen-bond donors (Lipinski definition) is 1. The summed E-state index contributed by atoms with van der Waals surface area (Å²) in [4.78, 5) is 0. The lowest BCUT2D eigenvalue weighted by Gasteiger charge is -2.17. The summed E-state index contributed by atoms with van der Waals surface area (Å²) in [6, 6.07) is 0.697. The first-order valence-electron chi connectivity index (χ1n) is 6.29. The first-order chi connectivity index (χ1) is 6.56. The lowest BCUT2D eigenvalue weighted by atomic mass is 10.0. The molecule has 0 aliphatic rings. The van der Waals surface area contributed by atoms with Crippen LogP contribution in [0.1, 0.15) is 60.3 Å². The number of nitrogens with one attached hydrogen (secondary N) is 1. The van der Waals surface area contributed by atoms with Gasteiger partial charge in [0.05, 0.1) is 0 Å². The molecule has 1 nitrogen and oxygen atoms in total. The Morgan fingerprint density at radius 3 is 2.14 bits per heavy atom. The maximum absolute atomic E-state index is 3.61. The molecule has 14 heavy (non-hydrogen) atoms. The van der Waals surface area contributed by atoms with Crippen LogP contribution in [0.2, 0.25) is 0 Å². The standard InChI is InChI=1S/C13H29N/c1-6-12(4)10-14-13(5)9-7-8-11(2)3/h11-14H,6-10H2,1-5H3. The van der Waals surface area contributed by atoms with Gasteiger partial charge in [0, 0.05) is 6.04 Å². The highest BCUT2D eigenvalue weighted by molar-refractivity contribution is 4.63. The molecule has 0 rings (SSSR count). The summed E-state index contributed by atoms with van der Waals surface area (Å²) in [5.74, 6) is 1.68. The first kappa shape index (κ1) is 14.0. The average molecular weight is 199 g/mol. The van der Waals surface area contributed by atoms with Crippen molar-refractivity contribution in [2.75, 3.05) is 6.54 Å². The molecule has 0 aromatic rings. The Balaban J connectivity index is 3.32. The van der Waals surface area contributed by atoms with Crippen LogP contribution < -0.4 is 5.32 Å². The monoisotopic (exact) mass is 199 g/mol. The molecule has 0 aliphatic carbocycles. The van der Waals surface area contributed by atoms with E-state index in [1.807, 2.05) is 0 Å². The van der Waals surface area contributed by atoms with Crippen LogP contribution in [0.3, 0.4) is 0 Å². The fraction of sp³-hybridized carbons (Fsp3) is 1.00. The van der Waals surface area contributed by atoms with Crippen molar-refractivity contribution in [1.82, 2.24) is 5.32 Å². The van der Waals surface area contributed by atoms with Crippen LogP contribution in [0.4, 0.5) is 0 Å². The normalized spacial score (nSPS) is 15.9. The molecular weight excluding hydrogens is 170 g/mol. The highest BCUT2D eigenvalue weighted by atomic mass is 14.9. The van der Waals surface area contributed by atoms with E-state index in [0.29, 0.717) is 6.04 Å². The molecule has 2 atom stereocenters. The fourth-order valence-electron chi connectivity index (χ4n) is 1.48. The predicted molar refractivity (Wildman–Crippen MR) is 65.6 cm³/mol. The summed E-state index contributed by atoms with van der Waals surface area (Å²) < 4.78 is 0. The van der Waals surface area contributed by atoms with Gasteiger partial charge in [-0.3, -0.25) is 0 Å². The smallest absolute Gasteiger partial charge is 0.00388 e. The van der Waals surface area contributed by atoms with Crippen LogP contribution in [-0.4, -0.2) is 12.6 Å². The van der Waals surface area contributed by atoms with E-state index in [1.54, 1.807) is 0 Å². The molecule has 0 aliphatic heterocycles. The molecule has 0 aromatic carbocycles. The van der Waals surface area contributed by atoms with Crippen molar-refractivity contribution in [3.05, 3.63) is 0 Å². The van der Waals surface area contributed by atoms with E-state index in [9.17, 15) is 0 Å². The minimum Gasteiger partial charge on any atom is -0.314 e. The average Bonchev–Trinajstić information content (AvgIpc) is 2.13. The van der Waals surface area contributed by atoms with E-state index >= 15 is 0 Å². The van der Waals surface area contributed by atoms with Crippen molar-refractivity contribution in [2.24, 2.45) is 11.8 Å². The zero-order valence-electron chi connectivity index (χ0n) is 10.8. The maximum atomic E-state index is 3.61. The highest BCUT2D eigenvalue weighted by Crippen LogP contribution is 2.08. The van der Waals surface area contributed by atoms with E-state index in [1.165, 1.54) is 32.2 Å². The van der Waals surface area contributed by atoms with Gasteiger partial charge in [-0.25, -0.2) is 0 Å². The molecule has 0 amide bonds. The molecule has 0 spiro atoms. The Labute approximate surface area is 90.7 Å². The summed E-state index contributed by atoms with van der Waals surface area (Å²) >= 11 is 0. The second-order valence-corrected chi connectivity index (χ2v) is 5.15. The third kappa shape index (κ3) is 8.55. The molecule has 1 heteroatoms. The van der Waals surface area contributed by atoms with E-state index < -0.39 is 0 Å². The summed E-state index contributed by atoms with van der Waals surface area (Å²) in [6.07, 6.45) is 5.35. The van der Waals surface area contributed by atoms with Crippen molar-refractivity contribution < 1.29 is 0 Å². The zero-order valence-corrected chi connectivity index (χ0v) is 10.8. The van der Waals surface area contributed by atoms with Crippen LogP contribution in [0, 0.1) is 11.8 Å². The van der Waals surface area contributed by atoms with Gasteiger partial charge in [-0.1, -0.05) is 47.0 Å². The van der Waals surface area contributed by atoms with Gasteiger partial charge in [-0.15, -0.1) is 0 Å². The van der Waals surface area contributed by atoms with Gasteiger partial charge < -0.3 is 5.32 Å². The van der Waals surface area contributed by atoms with E-state index in [4.69, 9.17) is 0 Å². The van der Waals surface area contributed by atoms with Crippen molar-refractivity contribution >= 4 is 0 Å². The summed E-state index contributed by atoms with van der Waals surface area (Å²) in [6.45, 7) is 12.7. The highest BCUT2D eigenvalue weighted by Gasteiger charge is 2.04. The largest absolute Gasteiger partial charge is 0.314 e. The molecule has 0 radical (unpaired) electrons. The minimum atomic E-state index is 0.697. The summed E-state index contributed by atoms with van der Waals surface area (Å²) in [7, 11) is 0. The Morgan fingerprint density at radius 2 is 1.64 bits per heavy atom. The van der Waals surface area contributed by atoms with Crippen molar-refractivity contribution in [3.8, 4) is 0 Å². The molecular formula is C13H29N. The van der Waals surface area contributed by atoms with Crippen LogP contribution >= 0.6 is 0 Å². The van der Waals surface area contributed by atoms with Gasteiger partial charge >= 0.3 is 0 Å².